The Labute approximate surface area is 136 Å². The minimum absolute atomic E-state index is 0.251. The van der Waals surface area contributed by atoms with E-state index in [1.54, 1.807) is 29.2 Å². The van der Waals surface area contributed by atoms with Gasteiger partial charge in [-0.1, -0.05) is 18.2 Å². The Morgan fingerprint density at radius 2 is 1.83 bits per heavy atom. The maximum Gasteiger partial charge on any atom is 0.393 e. The van der Waals surface area contributed by atoms with Crippen LogP contribution in [0.1, 0.15) is 6.42 Å². The molecule has 5 nitrogen and oxygen atoms in total. The van der Waals surface area contributed by atoms with Crippen LogP contribution in [0.3, 0.4) is 0 Å². The lowest BCUT2D eigenvalue weighted by Gasteiger charge is -2.23. The van der Waals surface area contributed by atoms with Crippen molar-refractivity contribution in [2.24, 2.45) is 11.8 Å². The van der Waals surface area contributed by atoms with Gasteiger partial charge >= 0.3 is 12.1 Å². The molecule has 2 fully saturated rings. The third kappa shape index (κ3) is 2.98. The molecule has 0 saturated carbocycles. The van der Waals surface area contributed by atoms with E-state index in [4.69, 9.17) is 5.11 Å². The molecule has 1 aromatic rings. The molecule has 0 radical (unpaired) electrons. The summed E-state index contributed by atoms with van der Waals surface area (Å²) >= 11 is 0. The van der Waals surface area contributed by atoms with E-state index in [-0.39, 0.29) is 12.5 Å². The van der Waals surface area contributed by atoms with Crippen LogP contribution in [0.25, 0.3) is 0 Å². The number of hydrogen-bond acceptors (Lipinski definition) is 3. The van der Waals surface area contributed by atoms with E-state index in [1.165, 1.54) is 4.90 Å². The van der Waals surface area contributed by atoms with Crippen LogP contribution < -0.4 is 4.90 Å². The second-order valence-corrected chi connectivity index (χ2v) is 6.18. The van der Waals surface area contributed by atoms with E-state index in [0.29, 0.717) is 18.7 Å². The van der Waals surface area contributed by atoms with Gasteiger partial charge in [0.25, 0.3) is 0 Å². The summed E-state index contributed by atoms with van der Waals surface area (Å²) in [6.07, 6.45) is -4.19. The fourth-order valence-electron chi connectivity index (χ4n) is 3.54. The highest BCUT2D eigenvalue weighted by Gasteiger charge is 2.55. The van der Waals surface area contributed by atoms with Gasteiger partial charge in [-0.2, -0.15) is 13.2 Å². The standard InChI is InChI=1S/C16H17F3N2O3/c17-16(18,19)12-9-20(8-11(12)15(23)24)13-6-7-21(14(13)22)10-4-2-1-3-5-10/h1-5,11-13H,6-9H2,(H,23,24)/t11-,12-,13?/m1/s1. The Hall–Kier alpha value is -2.09. The fourth-order valence-corrected chi connectivity index (χ4v) is 3.54. The summed E-state index contributed by atoms with van der Waals surface area (Å²) in [5, 5.41) is 9.08. The Morgan fingerprint density at radius 1 is 1.17 bits per heavy atom. The zero-order valence-corrected chi connectivity index (χ0v) is 12.7. The number of carboxylic acids is 1. The number of para-hydroxylation sites is 1. The van der Waals surface area contributed by atoms with E-state index in [9.17, 15) is 22.8 Å². The lowest BCUT2D eigenvalue weighted by atomic mass is 9.96. The predicted octanol–water partition coefficient (Wildman–Crippen LogP) is 1.99. The Kier molecular flexibility index (Phi) is 4.25. The van der Waals surface area contributed by atoms with Crippen LogP contribution in [0.2, 0.25) is 0 Å². The van der Waals surface area contributed by atoms with Crippen molar-refractivity contribution in [1.29, 1.82) is 0 Å². The molecule has 24 heavy (non-hydrogen) atoms. The van der Waals surface area contributed by atoms with Gasteiger partial charge in [-0.25, -0.2) is 0 Å². The molecule has 0 spiro atoms. The number of aliphatic carboxylic acids is 1. The van der Waals surface area contributed by atoms with Crippen LogP contribution in [0.5, 0.6) is 0 Å². The lowest BCUT2D eigenvalue weighted by molar-refractivity contribution is -0.188. The summed E-state index contributed by atoms with van der Waals surface area (Å²) in [7, 11) is 0. The quantitative estimate of drug-likeness (QED) is 0.913. The number of anilines is 1. The molecule has 8 heteroatoms. The monoisotopic (exact) mass is 342 g/mol. The zero-order chi connectivity index (χ0) is 17.5. The third-order valence-electron chi connectivity index (χ3n) is 4.77. The molecule has 3 rings (SSSR count). The maximum absolute atomic E-state index is 13.1. The lowest BCUT2D eigenvalue weighted by Crippen LogP contribution is -2.41. The number of hydrogen-bond donors (Lipinski definition) is 1. The molecule has 1 aromatic carbocycles. The average Bonchev–Trinajstić information content (AvgIpc) is 3.11. The number of halogens is 3. The number of rotatable bonds is 3. The van der Waals surface area contributed by atoms with Crippen LogP contribution in [-0.2, 0) is 9.59 Å². The summed E-state index contributed by atoms with van der Waals surface area (Å²) in [6, 6.07) is 8.22. The normalized spacial score (nSPS) is 28.5. The predicted molar refractivity (Wildman–Crippen MR) is 79.4 cm³/mol. The number of carbonyl (C=O) groups excluding carboxylic acids is 1. The third-order valence-corrected chi connectivity index (χ3v) is 4.77. The highest BCUT2D eigenvalue weighted by molar-refractivity contribution is 5.99. The van der Waals surface area contributed by atoms with Gasteiger partial charge in [0.2, 0.25) is 5.91 Å². The number of carboxylic acid groups (broad SMARTS) is 1. The average molecular weight is 342 g/mol. The number of likely N-dealkylation sites (tertiary alicyclic amines) is 1. The SMILES string of the molecule is O=C(O)[C@@H]1CN(C2CCN(c3ccccc3)C2=O)C[C@H]1C(F)(F)F. The van der Waals surface area contributed by atoms with Crippen molar-refractivity contribution >= 4 is 17.6 Å². The van der Waals surface area contributed by atoms with Crippen molar-refractivity contribution in [3.63, 3.8) is 0 Å². The maximum atomic E-state index is 13.1. The molecule has 1 N–H and O–H groups in total. The molecule has 2 saturated heterocycles. The molecule has 1 amide bonds. The molecule has 3 atom stereocenters. The number of carbonyl (C=O) groups is 2. The Bertz CT molecular complexity index is 635. The summed E-state index contributed by atoms with van der Waals surface area (Å²) in [6.45, 7) is -0.281. The fraction of sp³-hybridized carbons (Fsp3) is 0.500. The van der Waals surface area contributed by atoms with Gasteiger partial charge in [0.05, 0.1) is 17.9 Å². The first kappa shape index (κ1) is 16.8. The van der Waals surface area contributed by atoms with E-state index < -0.39 is 36.6 Å². The van der Waals surface area contributed by atoms with Gasteiger partial charge in [-0.3, -0.25) is 14.5 Å². The van der Waals surface area contributed by atoms with Crippen molar-refractivity contribution in [3.8, 4) is 0 Å². The van der Waals surface area contributed by atoms with Crippen molar-refractivity contribution in [2.75, 3.05) is 24.5 Å². The van der Waals surface area contributed by atoms with Crippen LogP contribution in [0, 0.1) is 11.8 Å². The highest BCUT2D eigenvalue weighted by atomic mass is 19.4. The van der Waals surface area contributed by atoms with Crippen LogP contribution >= 0.6 is 0 Å². The highest BCUT2D eigenvalue weighted by Crippen LogP contribution is 2.39. The van der Waals surface area contributed by atoms with Gasteiger partial charge in [0, 0.05) is 25.3 Å². The van der Waals surface area contributed by atoms with E-state index in [0.717, 1.165) is 0 Å². The number of alkyl halides is 3. The summed E-state index contributed by atoms with van der Waals surface area (Å²) in [4.78, 5) is 26.7. The molecule has 1 unspecified atom stereocenters. The zero-order valence-electron chi connectivity index (χ0n) is 12.7. The molecule has 130 valence electrons. The molecule has 0 aliphatic carbocycles. The summed E-state index contributed by atoms with van der Waals surface area (Å²) < 4.78 is 39.3. The molecule has 2 aliphatic heterocycles. The van der Waals surface area contributed by atoms with Gasteiger partial charge in [0.1, 0.15) is 0 Å². The first-order chi connectivity index (χ1) is 11.3. The molecule has 0 bridgehead atoms. The van der Waals surface area contributed by atoms with Gasteiger partial charge in [-0.05, 0) is 18.6 Å². The van der Waals surface area contributed by atoms with Crippen molar-refractivity contribution < 1.29 is 27.9 Å². The van der Waals surface area contributed by atoms with Crippen LogP contribution in [0.4, 0.5) is 18.9 Å². The summed E-state index contributed by atoms with van der Waals surface area (Å²) in [5.41, 5.74) is 0.700. The van der Waals surface area contributed by atoms with Gasteiger partial charge in [-0.15, -0.1) is 0 Å². The van der Waals surface area contributed by atoms with Crippen LogP contribution in [0.15, 0.2) is 30.3 Å². The van der Waals surface area contributed by atoms with E-state index in [2.05, 4.69) is 0 Å². The second-order valence-electron chi connectivity index (χ2n) is 6.18. The van der Waals surface area contributed by atoms with Crippen molar-refractivity contribution in [2.45, 2.75) is 18.6 Å². The number of benzene rings is 1. The van der Waals surface area contributed by atoms with Crippen molar-refractivity contribution in [1.82, 2.24) is 4.90 Å². The first-order valence-corrected chi connectivity index (χ1v) is 7.69. The molecule has 2 aliphatic rings. The minimum atomic E-state index is -4.58. The molecular formula is C16H17F3N2O3. The number of nitrogens with zero attached hydrogens (tertiary/aromatic N) is 2. The molecular weight excluding hydrogens is 325 g/mol. The van der Waals surface area contributed by atoms with Gasteiger partial charge in [0.15, 0.2) is 0 Å². The Balaban J connectivity index is 1.76. The Morgan fingerprint density at radius 3 is 2.38 bits per heavy atom. The topological polar surface area (TPSA) is 60.9 Å². The van der Waals surface area contributed by atoms with Crippen LogP contribution in [-0.4, -0.2) is 53.7 Å². The molecule has 0 aromatic heterocycles. The van der Waals surface area contributed by atoms with Crippen molar-refractivity contribution in [3.05, 3.63) is 30.3 Å². The smallest absolute Gasteiger partial charge is 0.393 e. The second kappa shape index (κ2) is 6.08. The summed E-state index contributed by atoms with van der Waals surface area (Å²) in [5.74, 6) is -5.20. The van der Waals surface area contributed by atoms with E-state index >= 15 is 0 Å². The number of amides is 1. The first-order valence-electron chi connectivity index (χ1n) is 7.69. The molecule has 2 heterocycles. The van der Waals surface area contributed by atoms with E-state index in [1.807, 2.05) is 6.07 Å². The van der Waals surface area contributed by atoms with Gasteiger partial charge < -0.3 is 10.0 Å². The minimum Gasteiger partial charge on any atom is -0.481 e. The largest absolute Gasteiger partial charge is 0.481 e.